The summed E-state index contributed by atoms with van der Waals surface area (Å²) in [6.45, 7) is 9.62. The van der Waals surface area contributed by atoms with E-state index in [0.717, 1.165) is 11.3 Å². The number of anilines is 1. The average Bonchev–Trinajstić information content (AvgIpc) is 3.13. The van der Waals surface area contributed by atoms with Crippen LogP contribution in [0.25, 0.3) is 0 Å². The molecule has 0 aliphatic carbocycles. The number of aromatic nitrogens is 3. The van der Waals surface area contributed by atoms with Gasteiger partial charge in [0, 0.05) is 11.7 Å². The number of amides is 1. The molecule has 0 aliphatic rings. The van der Waals surface area contributed by atoms with Gasteiger partial charge in [0.25, 0.3) is 0 Å². The van der Waals surface area contributed by atoms with Crippen molar-refractivity contribution in [2.24, 2.45) is 0 Å². The molecular weight excluding hydrogens is 415 g/mol. The molecule has 2 atom stereocenters. The Hall–Kier alpha value is -2.87. The quantitative estimate of drug-likeness (QED) is 0.462. The lowest BCUT2D eigenvalue weighted by atomic mass is 10.2. The van der Waals surface area contributed by atoms with Crippen molar-refractivity contribution in [3.8, 4) is 5.75 Å². The number of halogens is 1. The van der Waals surface area contributed by atoms with E-state index >= 15 is 0 Å². The molecule has 8 heteroatoms. The minimum atomic E-state index is -0.516. The van der Waals surface area contributed by atoms with Gasteiger partial charge in [0.2, 0.25) is 5.91 Å². The van der Waals surface area contributed by atoms with Crippen LogP contribution in [-0.4, -0.2) is 25.9 Å². The van der Waals surface area contributed by atoms with Crippen molar-refractivity contribution in [3.63, 3.8) is 0 Å². The average molecular weight is 443 g/mol. The largest absolute Gasteiger partial charge is 0.480 e. The van der Waals surface area contributed by atoms with Gasteiger partial charge in [-0.2, -0.15) is 0 Å². The van der Waals surface area contributed by atoms with E-state index in [4.69, 9.17) is 4.74 Å². The maximum absolute atomic E-state index is 14.0. The number of rotatable bonds is 8. The molecule has 2 aromatic carbocycles. The monoisotopic (exact) mass is 442 g/mol. The smallest absolute Gasteiger partial charge is 0.237 e. The normalized spacial score (nSPS) is 13.1. The zero-order chi connectivity index (χ0) is 22.5. The molecule has 31 heavy (non-hydrogen) atoms. The van der Waals surface area contributed by atoms with Crippen LogP contribution in [0, 0.1) is 12.7 Å². The second kappa shape index (κ2) is 9.96. The lowest BCUT2D eigenvalue weighted by Gasteiger charge is -2.20. The second-order valence-electron chi connectivity index (χ2n) is 7.61. The number of ether oxygens (including phenoxy) is 1. The van der Waals surface area contributed by atoms with E-state index in [9.17, 15) is 9.18 Å². The molecule has 1 amide bonds. The highest BCUT2D eigenvalue weighted by Gasteiger charge is 2.25. The molecule has 3 aromatic rings. The minimum absolute atomic E-state index is 0.0335. The molecule has 3 rings (SSSR count). The first-order valence-corrected chi connectivity index (χ1v) is 11.0. The van der Waals surface area contributed by atoms with Crippen molar-refractivity contribution >= 4 is 23.4 Å². The highest BCUT2D eigenvalue weighted by atomic mass is 32.2. The molecule has 0 aliphatic heterocycles. The number of thioether (sulfide) groups is 1. The third-order valence-electron chi connectivity index (χ3n) is 4.65. The molecule has 1 heterocycles. The number of nitrogens with one attached hydrogen (secondary N) is 1. The Kier molecular flexibility index (Phi) is 7.33. The third kappa shape index (κ3) is 5.64. The summed E-state index contributed by atoms with van der Waals surface area (Å²) in [5.41, 5.74) is 1.83. The van der Waals surface area contributed by atoms with Crippen LogP contribution in [0.3, 0.4) is 0 Å². The molecule has 0 saturated carbocycles. The predicted octanol–water partition coefficient (Wildman–Crippen LogP) is 5.57. The maximum atomic E-state index is 14.0. The van der Waals surface area contributed by atoms with Crippen molar-refractivity contribution in [1.29, 1.82) is 0 Å². The Morgan fingerprint density at radius 1 is 1.10 bits per heavy atom. The fraction of sp³-hybridized carbons (Fsp3) is 0.348. The van der Waals surface area contributed by atoms with Crippen LogP contribution in [0.4, 0.5) is 10.1 Å². The third-order valence-corrected chi connectivity index (χ3v) is 5.71. The number of hydrogen-bond acceptors (Lipinski definition) is 5. The second-order valence-corrected chi connectivity index (χ2v) is 8.92. The van der Waals surface area contributed by atoms with E-state index in [1.54, 1.807) is 25.1 Å². The van der Waals surface area contributed by atoms with Crippen LogP contribution >= 0.6 is 11.8 Å². The number of benzene rings is 2. The predicted molar refractivity (Wildman–Crippen MR) is 121 cm³/mol. The molecule has 164 valence electrons. The van der Waals surface area contributed by atoms with Gasteiger partial charge in [-0.15, -0.1) is 10.2 Å². The first-order valence-electron chi connectivity index (χ1n) is 10.2. The zero-order valence-electron chi connectivity index (χ0n) is 18.3. The lowest BCUT2D eigenvalue weighted by molar-refractivity contribution is -0.115. The number of para-hydroxylation sites is 1. The van der Waals surface area contributed by atoms with E-state index in [-0.39, 0.29) is 17.7 Å². The number of carbonyl (C=O) groups excluding carboxylic acids is 1. The van der Waals surface area contributed by atoms with Gasteiger partial charge >= 0.3 is 0 Å². The molecular formula is C23H27FN4O2S. The first-order chi connectivity index (χ1) is 14.8. The molecule has 0 radical (unpaired) electrons. The Labute approximate surface area is 186 Å². The number of aryl methyl sites for hydroxylation is 1. The molecule has 0 saturated heterocycles. The summed E-state index contributed by atoms with van der Waals surface area (Å²) in [4.78, 5) is 12.7. The summed E-state index contributed by atoms with van der Waals surface area (Å²) in [5.74, 6) is 0.188. The van der Waals surface area contributed by atoms with Crippen LogP contribution in [0.15, 0.2) is 53.7 Å². The highest BCUT2D eigenvalue weighted by molar-refractivity contribution is 8.00. The summed E-state index contributed by atoms with van der Waals surface area (Å²) in [7, 11) is 0. The molecule has 2 unspecified atom stereocenters. The van der Waals surface area contributed by atoms with Gasteiger partial charge in [-0.05, 0) is 64.4 Å². The van der Waals surface area contributed by atoms with Crippen molar-refractivity contribution in [1.82, 2.24) is 14.8 Å². The van der Waals surface area contributed by atoms with Crippen LogP contribution in [0.1, 0.15) is 51.2 Å². The van der Waals surface area contributed by atoms with E-state index in [0.29, 0.717) is 11.0 Å². The van der Waals surface area contributed by atoms with E-state index in [1.165, 1.54) is 17.8 Å². The van der Waals surface area contributed by atoms with Crippen molar-refractivity contribution in [2.45, 2.75) is 57.2 Å². The van der Waals surface area contributed by atoms with Crippen molar-refractivity contribution < 1.29 is 13.9 Å². The van der Waals surface area contributed by atoms with E-state index in [1.807, 2.05) is 56.5 Å². The number of nitrogens with zero attached hydrogens (tertiary/aromatic N) is 3. The van der Waals surface area contributed by atoms with Gasteiger partial charge in [-0.3, -0.25) is 4.79 Å². The fourth-order valence-corrected chi connectivity index (χ4v) is 4.08. The fourth-order valence-electron chi connectivity index (χ4n) is 3.09. The number of carbonyl (C=O) groups is 1. The van der Waals surface area contributed by atoms with Crippen molar-refractivity contribution in [3.05, 3.63) is 65.7 Å². The molecule has 6 nitrogen and oxygen atoms in total. The molecule has 1 aromatic heterocycles. The first kappa shape index (κ1) is 22.8. The van der Waals surface area contributed by atoms with Gasteiger partial charge in [0.15, 0.2) is 28.7 Å². The van der Waals surface area contributed by atoms with Crippen LogP contribution in [-0.2, 0) is 4.79 Å². The van der Waals surface area contributed by atoms with Gasteiger partial charge in [0.1, 0.15) is 0 Å². The molecule has 0 spiro atoms. The van der Waals surface area contributed by atoms with E-state index in [2.05, 4.69) is 15.5 Å². The zero-order valence-corrected chi connectivity index (χ0v) is 19.1. The SMILES string of the molecule is Cc1cccc(NC(=O)C(C)Sc2nnc(C(C)Oc3ccccc3F)n2C(C)C)c1. The van der Waals surface area contributed by atoms with Gasteiger partial charge < -0.3 is 14.6 Å². The highest BCUT2D eigenvalue weighted by Crippen LogP contribution is 2.30. The van der Waals surface area contributed by atoms with Crippen LogP contribution in [0.2, 0.25) is 0 Å². The topological polar surface area (TPSA) is 69.0 Å². The molecule has 0 bridgehead atoms. The standard InChI is InChI=1S/C23H27FN4O2S/c1-14(2)28-21(16(4)30-20-12-7-6-11-19(20)24)26-27-23(28)31-17(5)22(29)25-18-10-8-9-15(3)13-18/h6-14,16-17H,1-5H3,(H,25,29). The summed E-state index contributed by atoms with van der Waals surface area (Å²) in [5, 5.41) is 11.7. The molecule has 0 fully saturated rings. The van der Waals surface area contributed by atoms with Gasteiger partial charge in [-0.25, -0.2) is 4.39 Å². The van der Waals surface area contributed by atoms with Crippen molar-refractivity contribution in [2.75, 3.05) is 5.32 Å². The van der Waals surface area contributed by atoms with Crippen LogP contribution < -0.4 is 10.1 Å². The summed E-state index contributed by atoms with van der Waals surface area (Å²) >= 11 is 1.33. The Morgan fingerprint density at radius 2 is 1.84 bits per heavy atom. The summed E-state index contributed by atoms with van der Waals surface area (Å²) in [6, 6.07) is 14.0. The Balaban J connectivity index is 1.75. The lowest BCUT2D eigenvalue weighted by Crippen LogP contribution is -2.23. The molecule has 1 N–H and O–H groups in total. The Morgan fingerprint density at radius 3 is 2.52 bits per heavy atom. The minimum Gasteiger partial charge on any atom is -0.480 e. The summed E-state index contributed by atoms with van der Waals surface area (Å²) in [6.07, 6.45) is -0.516. The van der Waals surface area contributed by atoms with Gasteiger partial charge in [-0.1, -0.05) is 36.0 Å². The number of hydrogen-bond donors (Lipinski definition) is 1. The maximum Gasteiger partial charge on any atom is 0.237 e. The van der Waals surface area contributed by atoms with E-state index < -0.39 is 17.2 Å². The van der Waals surface area contributed by atoms with Gasteiger partial charge in [0.05, 0.1) is 5.25 Å². The Bertz CT molecular complexity index is 1050. The summed E-state index contributed by atoms with van der Waals surface area (Å²) < 4.78 is 21.7. The van der Waals surface area contributed by atoms with Crippen LogP contribution in [0.5, 0.6) is 5.75 Å².